The van der Waals surface area contributed by atoms with Crippen molar-refractivity contribution in [1.29, 1.82) is 0 Å². The molecule has 1 aromatic carbocycles. The third-order valence-corrected chi connectivity index (χ3v) is 2.64. The van der Waals surface area contributed by atoms with Crippen molar-refractivity contribution in [3.05, 3.63) is 46.0 Å². The molecule has 2 rings (SSSR count). The maximum atomic E-state index is 11.4. The van der Waals surface area contributed by atoms with Gasteiger partial charge in [-0.3, -0.25) is 14.9 Å². The summed E-state index contributed by atoms with van der Waals surface area (Å²) in [6.45, 7) is -0.00814. The van der Waals surface area contributed by atoms with Crippen LogP contribution in [0.3, 0.4) is 0 Å². The van der Waals surface area contributed by atoms with E-state index in [4.69, 9.17) is 4.74 Å². The average molecular weight is 277 g/mol. The van der Waals surface area contributed by atoms with Gasteiger partial charge in [0.1, 0.15) is 12.7 Å². The minimum Gasteiger partial charge on any atom is -0.459 e. The van der Waals surface area contributed by atoms with E-state index in [-0.39, 0.29) is 30.8 Å². The second-order valence-electron chi connectivity index (χ2n) is 4.10. The van der Waals surface area contributed by atoms with Crippen LogP contribution in [0.4, 0.5) is 5.69 Å². The van der Waals surface area contributed by atoms with Gasteiger partial charge in [0.2, 0.25) is 0 Å². The number of para-hydroxylation sites is 1. The van der Waals surface area contributed by atoms with Crippen LogP contribution in [0, 0.1) is 10.1 Å². The highest BCUT2D eigenvalue weighted by Gasteiger charge is 2.29. The molecule has 1 atom stereocenters. The fourth-order valence-corrected chi connectivity index (χ4v) is 1.63. The van der Waals surface area contributed by atoms with Crippen molar-refractivity contribution in [1.82, 2.24) is 0 Å². The first kappa shape index (κ1) is 13.7. The second kappa shape index (κ2) is 5.96. The second-order valence-corrected chi connectivity index (χ2v) is 4.10. The van der Waals surface area contributed by atoms with Crippen LogP contribution in [-0.2, 0) is 19.1 Å². The van der Waals surface area contributed by atoms with E-state index in [0.29, 0.717) is 5.56 Å². The van der Waals surface area contributed by atoms with Gasteiger partial charge in [0.25, 0.3) is 5.69 Å². The van der Waals surface area contributed by atoms with E-state index in [1.807, 2.05) is 0 Å². The molecule has 0 radical (unpaired) electrons. The summed E-state index contributed by atoms with van der Waals surface area (Å²) < 4.78 is 9.52. The van der Waals surface area contributed by atoms with E-state index in [0.717, 1.165) is 6.08 Å². The van der Waals surface area contributed by atoms with Gasteiger partial charge in [-0.2, -0.15) is 0 Å². The van der Waals surface area contributed by atoms with Crippen LogP contribution in [0.1, 0.15) is 12.0 Å². The molecule has 0 bridgehead atoms. The van der Waals surface area contributed by atoms with Crippen LogP contribution < -0.4 is 0 Å². The van der Waals surface area contributed by atoms with E-state index >= 15 is 0 Å². The Morgan fingerprint density at radius 2 is 2.20 bits per heavy atom. The summed E-state index contributed by atoms with van der Waals surface area (Å²) in [6.07, 6.45) is 2.27. The van der Waals surface area contributed by atoms with Gasteiger partial charge in [0.05, 0.1) is 16.9 Å². The number of nitro benzene ring substituents is 1. The lowest BCUT2D eigenvalue weighted by Crippen LogP contribution is -2.36. The molecular formula is C13H11NO6. The molecule has 20 heavy (non-hydrogen) atoms. The van der Waals surface area contributed by atoms with Gasteiger partial charge < -0.3 is 9.47 Å². The highest BCUT2D eigenvalue weighted by atomic mass is 16.6. The fraction of sp³-hybridized carbons (Fsp3) is 0.231. The number of nitro groups is 1. The lowest BCUT2D eigenvalue weighted by molar-refractivity contribution is -0.385. The van der Waals surface area contributed by atoms with Crippen molar-refractivity contribution in [3.8, 4) is 0 Å². The molecule has 1 unspecified atom stereocenters. The Hall–Kier alpha value is -2.70. The van der Waals surface area contributed by atoms with Crippen LogP contribution in [-0.4, -0.2) is 29.6 Å². The molecule has 1 aromatic rings. The number of carbonyl (C=O) groups excluding carboxylic acids is 2. The predicted molar refractivity (Wildman–Crippen MR) is 67.6 cm³/mol. The van der Waals surface area contributed by atoms with Gasteiger partial charge in [-0.25, -0.2) is 4.79 Å². The quantitative estimate of drug-likeness (QED) is 0.350. The smallest absolute Gasteiger partial charge is 0.330 e. The highest BCUT2D eigenvalue weighted by molar-refractivity contribution is 5.88. The van der Waals surface area contributed by atoms with Crippen molar-refractivity contribution in [3.63, 3.8) is 0 Å². The number of esters is 2. The van der Waals surface area contributed by atoms with Crippen molar-refractivity contribution in [2.24, 2.45) is 0 Å². The fourth-order valence-electron chi connectivity index (χ4n) is 1.63. The summed E-state index contributed by atoms with van der Waals surface area (Å²) in [5, 5.41) is 10.8. The zero-order chi connectivity index (χ0) is 14.5. The number of hydrogen-bond acceptors (Lipinski definition) is 6. The first-order valence-corrected chi connectivity index (χ1v) is 5.84. The zero-order valence-electron chi connectivity index (χ0n) is 10.4. The third-order valence-electron chi connectivity index (χ3n) is 2.64. The Balaban J connectivity index is 1.90. The molecule has 1 aliphatic heterocycles. The molecule has 1 fully saturated rings. The minimum atomic E-state index is -0.647. The van der Waals surface area contributed by atoms with Gasteiger partial charge in [0, 0.05) is 12.1 Å². The van der Waals surface area contributed by atoms with Crippen molar-refractivity contribution in [2.45, 2.75) is 12.5 Å². The van der Waals surface area contributed by atoms with Gasteiger partial charge in [0.15, 0.2) is 0 Å². The molecule has 0 saturated carbocycles. The summed E-state index contributed by atoms with van der Waals surface area (Å²) in [5.41, 5.74) is 0.217. The lowest BCUT2D eigenvalue weighted by atomic mass is 10.1. The molecule has 0 N–H and O–H groups in total. The van der Waals surface area contributed by atoms with E-state index in [2.05, 4.69) is 4.74 Å². The largest absolute Gasteiger partial charge is 0.459 e. The summed E-state index contributed by atoms with van der Waals surface area (Å²) in [7, 11) is 0. The zero-order valence-corrected chi connectivity index (χ0v) is 10.4. The Kier molecular flexibility index (Phi) is 4.09. The van der Waals surface area contributed by atoms with Crippen LogP contribution in [0.25, 0.3) is 6.08 Å². The number of nitrogens with zero attached hydrogens (tertiary/aromatic N) is 1. The van der Waals surface area contributed by atoms with Gasteiger partial charge in [-0.1, -0.05) is 12.1 Å². The number of rotatable bonds is 5. The van der Waals surface area contributed by atoms with Crippen molar-refractivity contribution in [2.75, 3.05) is 6.61 Å². The lowest BCUT2D eigenvalue weighted by Gasteiger charge is -2.24. The number of carbonyl (C=O) groups is 2. The minimum absolute atomic E-state index is 0.00814. The van der Waals surface area contributed by atoms with E-state index in [1.54, 1.807) is 12.1 Å². The Labute approximate surface area is 113 Å². The number of hydrogen-bond donors (Lipinski definition) is 0. The molecule has 0 aromatic heterocycles. The number of cyclic esters (lactones) is 1. The summed E-state index contributed by atoms with van der Waals surface area (Å²) in [4.78, 5) is 32.2. The van der Waals surface area contributed by atoms with E-state index in [9.17, 15) is 19.7 Å². The summed E-state index contributed by atoms with van der Waals surface area (Å²) in [6, 6.07) is 6.04. The van der Waals surface area contributed by atoms with Crippen LogP contribution in [0.15, 0.2) is 30.3 Å². The molecule has 7 nitrogen and oxygen atoms in total. The predicted octanol–water partition coefficient (Wildman–Crippen LogP) is 1.47. The molecule has 0 spiro atoms. The maximum absolute atomic E-state index is 11.4. The monoisotopic (exact) mass is 277 g/mol. The SMILES string of the molecule is O=C(/C=C/c1ccccc1[N+](=O)[O-])OCC1CC(=O)O1. The Bertz CT molecular complexity index is 572. The van der Waals surface area contributed by atoms with Gasteiger partial charge >= 0.3 is 11.9 Å². The average Bonchev–Trinajstić information content (AvgIpc) is 2.40. The Morgan fingerprint density at radius 1 is 1.50 bits per heavy atom. The molecule has 0 amide bonds. The topological polar surface area (TPSA) is 95.7 Å². The maximum Gasteiger partial charge on any atom is 0.330 e. The Morgan fingerprint density at radius 3 is 2.85 bits per heavy atom. The standard InChI is InChI=1S/C13H11NO6/c15-12(19-8-10-7-13(16)20-10)6-5-9-3-1-2-4-11(9)14(17)18/h1-6,10H,7-8H2/b6-5+. The van der Waals surface area contributed by atoms with E-state index < -0.39 is 10.9 Å². The first-order chi connectivity index (χ1) is 9.56. The molecule has 7 heteroatoms. The molecule has 1 heterocycles. The molecule has 1 saturated heterocycles. The van der Waals surface area contributed by atoms with Gasteiger partial charge in [-0.05, 0) is 12.1 Å². The highest BCUT2D eigenvalue weighted by Crippen LogP contribution is 2.19. The van der Waals surface area contributed by atoms with Crippen molar-refractivity contribution >= 4 is 23.7 Å². The van der Waals surface area contributed by atoms with Crippen LogP contribution in [0.5, 0.6) is 0 Å². The first-order valence-electron chi connectivity index (χ1n) is 5.84. The number of benzene rings is 1. The van der Waals surface area contributed by atoms with Crippen LogP contribution >= 0.6 is 0 Å². The van der Waals surface area contributed by atoms with E-state index in [1.165, 1.54) is 18.2 Å². The normalized spacial score (nSPS) is 17.4. The molecular weight excluding hydrogens is 266 g/mol. The van der Waals surface area contributed by atoms with Crippen molar-refractivity contribution < 1.29 is 24.0 Å². The van der Waals surface area contributed by atoms with Gasteiger partial charge in [-0.15, -0.1) is 0 Å². The molecule has 104 valence electrons. The molecule has 0 aliphatic carbocycles. The summed E-state index contributed by atoms with van der Waals surface area (Å²) >= 11 is 0. The van der Waals surface area contributed by atoms with Crippen LogP contribution in [0.2, 0.25) is 0 Å². The molecule has 1 aliphatic rings. The summed E-state index contributed by atoms with van der Waals surface area (Å²) in [5.74, 6) is -0.965. The third kappa shape index (κ3) is 3.41. The number of ether oxygens (including phenoxy) is 2.